The highest BCUT2D eigenvalue weighted by atomic mass is 16.4. The normalized spacial score (nSPS) is 13.9. The van der Waals surface area contributed by atoms with Gasteiger partial charge < -0.3 is 15.1 Å². The summed E-state index contributed by atoms with van der Waals surface area (Å²) in [5.74, 6) is -0.827. The number of para-hydroxylation sites is 1. The van der Waals surface area contributed by atoms with Crippen LogP contribution in [0.1, 0.15) is 26.7 Å². The SMILES string of the molecule is CCC(C)(O)CN(CCC(=O)O)c1ccccc1. The Labute approximate surface area is 108 Å². The third kappa shape index (κ3) is 4.75. The number of aliphatic carboxylic acids is 1. The van der Waals surface area contributed by atoms with E-state index in [0.29, 0.717) is 19.5 Å². The first-order valence-electron chi connectivity index (χ1n) is 6.19. The zero-order valence-electron chi connectivity index (χ0n) is 11.0. The maximum atomic E-state index is 10.7. The van der Waals surface area contributed by atoms with Gasteiger partial charge in [0, 0.05) is 18.8 Å². The topological polar surface area (TPSA) is 60.8 Å². The van der Waals surface area contributed by atoms with Crippen molar-refractivity contribution in [1.29, 1.82) is 0 Å². The Morgan fingerprint density at radius 2 is 1.94 bits per heavy atom. The smallest absolute Gasteiger partial charge is 0.305 e. The first kappa shape index (κ1) is 14.5. The molecule has 0 amide bonds. The molecule has 0 aliphatic rings. The summed E-state index contributed by atoms with van der Waals surface area (Å²) >= 11 is 0. The van der Waals surface area contributed by atoms with Crippen molar-refractivity contribution in [2.45, 2.75) is 32.3 Å². The minimum absolute atomic E-state index is 0.0642. The second kappa shape index (κ2) is 6.40. The van der Waals surface area contributed by atoms with E-state index in [-0.39, 0.29) is 6.42 Å². The van der Waals surface area contributed by atoms with Crippen LogP contribution in [0.15, 0.2) is 30.3 Å². The van der Waals surface area contributed by atoms with Crippen LogP contribution in [0.25, 0.3) is 0 Å². The molecule has 0 aliphatic carbocycles. The van der Waals surface area contributed by atoms with Crippen LogP contribution in [-0.4, -0.2) is 34.9 Å². The Balaban J connectivity index is 2.78. The Bertz CT molecular complexity index is 376. The lowest BCUT2D eigenvalue weighted by Crippen LogP contribution is -2.41. The molecule has 4 nitrogen and oxygen atoms in total. The summed E-state index contributed by atoms with van der Waals surface area (Å²) in [6.07, 6.45) is 0.693. The van der Waals surface area contributed by atoms with Gasteiger partial charge in [0.1, 0.15) is 0 Å². The van der Waals surface area contributed by atoms with Gasteiger partial charge in [0.2, 0.25) is 0 Å². The highest BCUT2D eigenvalue weighted by Gasteiger charge is 2.22. The summed E-state index contributed by atoms with van der Waals surface area (Å²) in [5, 5.41) is 18.9. The van der Waals surface area contributed by atoms with E-state index in [1.54, 1.807) is 6.92 Å². The summed E-state index contributed by atoms with van der Waals surface area (Å²) in [7, 11) is 0. The molecule has 1 aromatic carbocycles. The minimum atomic E-state index is -0.827. The van der Waals surface area contributed by atoms with Gasteiger partial charge in [-0.05, 0) is 25.5 Å². The first-order valence-corrected chi connectivity index (χ1v) is 6.19. The molecule has 1 aromatic rings. The molecule has 0 aromatic heterocycles. The highest BCUT2D eigenvalue weighted by molar-refractivity contribution is 5.67. The van der Waals surface area contributed by atoms with Crippen molar-refractivity contribution in [3.8, 4) is 0 Å². The highest BCUT2D eigenvalue weighted by Crippen LogP contribution is 2.19. The maximum absolute atomic E-state index is 10.7. The van der Waals surface area contributed by atoms with E-state index in [0.717, 1.165) is 5.69 Å². The monoisotopic (exact) mass is 251 g/mol. The van der Waals surface area contributed by atoms with Crippen molar-refractivity contribution in [1.82, 2.24) is 0 Å². The van der Waals surface area contributed by atoms with E-state index in [1.165, 1.54) is 0 Å². The predicted octanol–water partition coefficient (Wildman–Crippen LogP) is 2.13. The summed E-state index contributed by atoms with van der Waals surface area (Å²) in [6, 6.07) is 9.57. The zero-order chi connectivity index (χ0) is 13.6. The van der Waals surface area contributed by atoms with E-state index in [4.69, 9.17) is 5.11 Å². The molecule has 0 aliphatic heterocycles. The summed E-state index contributed by atoms with van der Waals surface area (Å²) in [5.41, 5.74) is 0.126. The quantitative estimate of drug-likeness (QED) is 0.779. The van der Waals surface area contributed by atoms with E-state index < -0.39 is 11.6 Å². The van der Waals surface area contributed by atoms with Crippen LogP contribution in [0.2, 0.25) is 0 Å². The molecule has 1 unspecified atom stereocenters. The number of nitrogens with zero attached hydrogens (tertiary/aromatic N) is 1. The number of carbonyl (C=O) groups is 1. The van der Waals surface area contributed by atoms with Crippen molar-refractivity contribution < 1.29 is 15.0 Å². The molecule has 1 atom stereocenters. The number of carboxylic acids is 1. The number of benzene rings is 1. The molecular formula is C14H21NO3. The first-order chi connectivity index (χ1) is 8.44. The van der Waals surface area contributed by atoms with Crippen molar-refractivity contribution in [3.63, 3.8) is 0 Å². The van der Waals surface area contributed by atoms with Crippen LogP contribution in [-0.2, 0) is 4.79 Å². The standard InChI is InChI=1S/C14H21NO3/c1-3-14(2,18)11-15(10-9-13(16)17)12-7-5-4-6-8-12/h4-8,18H,3,9-11H2,1-2H3,(H,16,17). The number of aliphatic hydroxyl groups is 1. The Kier molecular flexibility index (Phi) is 5.16. The third-order valence-corrected chi connectivity index (χ3v) is 3.01. The van der Waals surface area contributed by atoms with Crippen molar-refractivity contribution in [2.24, 2.45) is 0 Å². The molecule has 0 fully saturated rings. The van der Waals surface area contributed by atoms with Gasteiger partial charge in [0.25, 0.3) is 0 Å². The van der Waals surface area contributed by atoms with Gasteiger partial charge in [-0.3, -0.25) is 4.79 Å². The van der Waals surface area contributed by atoms with Gasteiger partial charge in [-0.25, -0.2) is 0 Å². The molecule has 0 spiro atoms. The molecule has 0 saturated heterocycles. The van der Waals surface area contributed by atoms with Crippen LogP contribution in [0, 0.1) is 0 Å². The van der Waals surface area contributed by atoms with Crippen LogP contribution < -0.4 is 4.90 Å². The Morgan fingerprint density at radius 3 is 2.44 bits per heavy atom. The van der Waals surface area contributed by atoms with Crippen LogP contribution in [0.3, 0.4) is 0 Å². The average molecular weight is 251 g/mol. The molecular weight excluding hydrogens is 230 g/mol. The molecule has 0 radical (unpaired) electrons. The number of hydrogen-bond acceptors (Lipinski definition) is 3. The largest absolute Gasteiger partial charge is 0.481 e. The molecule has 0 heterocycles. The second-order valence-electron chi connectivity index (χ2n) is 4.75. The molecule has 18 heavy (non-hydrogen) atoms. The predicted molar refractivity (Wildman–Crippen MR) is 71.8 cm³/mol. The van der Waals surface area contributed by atoms with Crippen LogP contribution in [0.4, 0.5) is 5.69 Å². The molecule has 0 bridgehead atoms. The summed E-state index contributed by atoms with van der Waals surface area (Å²) in [4.78, 5) is 12.6. The van der Waals surface area contributed by atoms with Gasteiger partial charge in [-0.2, -0.15) is 0 Å². The molecule has 1 rings (SSSR count). The van der Waals surface area contributed by atoms with E-state index >= 15 is 0 Å². The Hall–Kier alpha value is -1.55. The lowest BCUT2D eigenvalue weighted by atomic mass is 10.0. The molecule has 100 valence electrons. The van der Waals surface area contributed by atoms with Crippen LogP contribution >= 0.6 is 0 Å². The fourth-order valence-corrected chi connectivity index (χ4v) is 1.69. The third-order valence-electron chi connectivity index (χ3n) is 3.01. The van der Waals surface area contributed by atoms with Crippen LogP contribution in [0.5, 0.6) is 0 Å². The second-order valence-corrected chi connectivity index (χ2v) is 4.75. The molecule has 2 N–H and O–H groups in total. The zero-order valence-corrected chi connectivity index (χ0v) is 11.0. The number of rotatable bonds is 7. The van der Waals surface area contributed by atoms with E-state index in [2.05, 4.69) is 0 Å². The number of carboxylic acid groups (broad SMARTS) is 1. The van der Waals surface area contributed by atoms with Gasteiger partial charge in [-0.1, -0.05) is 25.1 Å². The maximum Gasteiger partial charge on any atom is 0.305 e. The number of hydrogen-bond donors (Lipinski definition) is 2. The summed E-state index contributed by atoms with van der Waals surface area (Å²) in [6.45, 7) is 4.51. The average Bonchev–Trinajstić information content (AvgIpc) is 2.35. The lowest BCUT2D eigenvalue weighted by molar-refractivity contribution is -0.136. The Morgan fingerprint density at radius 1 is 1.33 bits per heavy atom. The van der Waals surface area contributed by atoms with Crippen molar-refractivity contribution in [2.75, 3.05) is 18.0 Å². The van der Waals surface area contributed by atoms with Gasteiger partial charge in [0.15, 0.2) is 0 Å². The number of anilines is 1. The fourth-order valence-electron chi connectivity index (χ4n) is 1.69. The van der Waals surface area contributed by atoms with Gasteiger partial charge >= 0.3 is 5.97 Å². The van der Waals surface area contributed by atoms with E-state index in [1.807, 2.05) is 42.2 Å². The van der Waals surface area contributed by atoms with Gasteiger partial charge in [-0.15, -0.1) is 0 Å². The van der Waals surface area contributed by atoms with Gasteiger partial charge in [0.05, 0.1) is 12.0 Å². The fraction of sp³-hybridized carbons (Fsp3) is 0.500. The van der Waals surface area contributed by atoms with Crippen molar-refractivity contribution >= 4 is 11.7 Å². The lowest BCUT2D eigenvalue weighted by Gasteiger charge is -2.32. The summed E-state index contributed by atoms with van der Waals surface area (Å²) < 4.78 is 0. The molecule has 4 heteroatoms. The minimum Gasteiger partial charge on any atom is -0.481 e. The molecule has 0 saturated carbocycles. The van der Waals surface area contributed by atoms with Crippen molar-refractivity contribution in [3.05, 3.63) is 30.3 Å². The van der Waals surface area contributed by atoms with E-state index in [9.17, 15) is 9.90 Å².